The van der Waals surface area contributed by atoms with Crippen molar-refractivity contribution in [2.24, 2.45) is 7.05 Å². The average Bonchev–Trinajstić information content (AvgIpc) is 2.87. The summed E-state index contributed by atoms with van der Waals surface area (Å²) in [5, 5.41) is 11.6. The van der Waals surface area contributed by atoms with Crippen LogP contribution in [-0.2, 0) is 19.8 Å². The van der Waals surface area contributed by atoms with Crippen molar-refractivity contribution in [3.8, 4) is 22.9 Å². The topological polar surface area (TPSA) is 106 Å². The molecule has 1 aromatic heterocycles. The maximum absolute atomic E-state index is 14.9. The van der Waals surface area contributed by atoms with E-state index in [0.29, 0.717) is 12.1 Å². The number of ether oxygens (including phenoxy) is 2. The normalized spacial score (nSPS) is 11.3. The van der Waals surface area contributed by atoms with Crippen molar-refractivity contribution in [3.63, 3.8) is 0 Å². The van der Waals surface area contributed by atoms with E-state index >= 15 is 0 Å². The molecule has 196 valence electrons. The molecule has 0 radical (unpaired) electrons. The lowest BCUT2D eigenvalue weighted by Crippen LogP contribution is -2.41. The molecule has 0 aliphatic rings. The fraction of sp³-hybridized carbons (Fsp3) is 0.120. The highest BCUT2D eigenvalue weighted by molar-refractivity contribution is 5.56. The number of nitro benzene ring substituents is 1. The standard InChI is InChI=1S/C25H17F4N3O6/c1-30-22(25(27,28)29)13-23(33)31(24(30)34)17-12-21(18(32(35)36)11-16(17)26)38-20-10-6-5-9-19(20)37-14-15-7-3-2-4-8-15/h2-13H,14H2,1H3. The molecule has 9 nitrogen and oxygen atoms in total. The fourth-order valence-corrected chi connectivity index (χ4v) is 3.55. The zero-order valence-electron chi connectivity index (χ0n) is 19.4. The van der Waals surface area contributed by atoms with Gasteiger partial charge in [0.2, 0.25) is 5.75 Å². The van der Waals surface area contributed by atoms with Crippen LogP contribution >= 0.6 is 0 Å². The highest BCUT2D eigenvalue weighted by Gasteiger charge is 2.35. The number of alkyl halides is 3. The number of para-hydroxylation sites is 2. The van der Waals surface area contributed by atoms with Crippen LogP contribution in [0.25, 0.3) is 5.69 Å². The van der Waals surface area contributed by atoms with E-state index in [1.165, 1.54) is 18.2 Å². The summed E-state index contributed by atoms with van der Waals surface area (Å²) in [5.41, 5.74) is -5.45. The molecule has 0 fully saturated rings. The zero-order valence-corrected chi connectivity index (χ0v) is 19.4. The Bertz CT molecular complexity index is 1630. The van der Waals surface area contributed by atoms with Gasteiger partial charge in [-0.15, -0.1) is 0 Å². The maximum Gasteiger partial charge on any atom is 0.431 e. The Morgan fingerprint density at radius 2 is 1.55 bits per heavy atom. The third-order valence-corrected chi connectivity index (χ3v) is 5.38. The van der Waals surface area contributed by atoms with Gasteiger partial charge in [-0.25, -0.2) is 13.8 Å². The lowest BCUT2D eigenvalue weighted by Gasteiger charge is -2.16. The van der Waals surface area contributed by atoms with Gasteiger partial charge in [0, 0.05) is 19.2 Å². The summed E-state index contributed by atoms with van der Waals surface area (Å²) in [6, 6.07) is 16.3. The molecule has 13 heteroatoms. The molecule has 0 atom stereocenters. The Hall–Kier alpha value is -4.94. The van der Waals surface area contributed by atoms with Crippen molar-refractivity contribution in [2.75, 3.05) is 0 Å². The van der Waals surface area contributed by atoms with Crippen LogP contribution in [0, 0.1) is 15.9 Å². The summed E-state index contributed by atoms with van der Waals surface area (Å²) >= 11 is 0. The summed E-state index contributed by atoms with van der Waals surface area (Å²) in [7, 11) is 0.752. The third-order valence-electron chi connectivity index (χ3n) is 5.38. The van der Waals surface area contributed by atoms with E-state index in [0.717, 1.165) is 12.6 Å². The van der Waals surface area contributed by atoms with Gasteiger partial charge < -0.3 is 9.47 Å². The predicted octanol–water partition coefficient (Wildman–Crippen LogP) is 4.97. The number of aromatic nitrogens is 2. The molecule has 38 heavy (non-hydrogen) atoms. The number of nitro groups is 1. The van der Waals surface area contributed by atoms with Gasteiger partial charge in [-0.2, -0.15) is 13.2 Å². The molecule has 0 unspecified atom stereocenters. The highest BCUT2D eigenvalue weighted by Crippen LogP contribution is 2.38. The van der Waals surface area contributed by atoms with E-state index in [2.05, 4.69) is 0 Å². The molecule has 4 rings (SSSR count). The minimum absolute atomic E-state index is 0.0169. The predicted molar refractivity (Wildman–Crippen MR) is 126 cm³/mol. The first-order valence-corrected chi connectivity index (χ1v) is 10.8. The second kappa shape index (κ2) is 10.2. The lowest BCUT2D eigenvalue weighted by atomic mass is 10.2. The first-order valence-electron chi connectivity index (χ1n) is 10.8. The second-order valence-corrected chi connectivity index (χ2v) is 7.89. The van der Waals surface area contributed by atoms with E-state index < -0.39 is 51.0 Å². The SMILES string of the molecule is Cn1c(C(F)(F)F)cc(=O)n(-c2cc(Oc3ccccc3OCc3ccccc3)c([N+](=O)[O-])cc2F)c1=O. The van der Waals surface area contributed by atoms with Crippen molar-refractivity contribution in [3.05, 3.63) is 121 Å². The summed E-state index contributed by atoms with van der Waals surface area (Å²) < 4.78 is 66.1. The van der Waals surface area contributed by atoms with E-state index in [1.54, 1.807) is 18.2 Å². The maximum atomic E-state index is 14.9. The van der Waals surface area contributed by atoms with Crippen molar-refractivity contribution in [1.29, 1.82) is 0 Å². The summed E-state index contributed by atoms with van der Waals surface area (Å²) in [6.07, 6.45) is -5.03. The summed E-state index contributed by atoms with van der Waals surface area (Å²) in [4.78, 5) is 35.8. The van der Waals surface area contributed by atoms with E-state index in [1.807, 2.05) is 18.2 Å². The van der Waals surface area contributed by atoms with Gasteiger partial charge in [0.25, 0.3) is 5.56 Å². The molecular weight excluding hydrogens is 514 g/mol. The Balaban J connectivity index is 1.80. The molecule has 0 bridgehead atoms. The number of hydrogen-bond donors (Lipinski definition) is 0. The number of rotatable bonds is 7. The first-order chi connectivity index (χ1) is 18.0. The van der Waals surface area contributed by atoms with Crippen molar-refractivity contribution in [2.45, 2.75) is 12.8 Å². The van der Waals surface area contributed by atoms with E-state index in [-0.39, 0.29) is 33.3 Å². The Kier molecular flexibility index (Phi) is 7.02. The second-order valence-electron chi connectivity index (χ2n) is 7.89. The van der Waals surface area contributed by atoms with Crippen LogP contribution in [0.5, 0.6) is 17.2 Å². The lowest BCUT2D eigenvalue weighted by molar-refractivity contribution is -0.385. The molecule has 0 spiro atoms. The van der Waals surface area contributed by atoms with Crippen LogP contribution in [0.3, 0.4) is 0 Å². The van der Waals surface area contributed by atoms with Crippen molar-refractivity contribution < 1.29 is 32.0 Å². The van der Waals surface area contributed by atoms with Crippen LogP contribution < -0.4 is 20.7 Å². The largest absolute Gasteiger partial charge is 0.485 e. The third kappa shape index (κ3) is 5.26. The van der Waals surface area contributed by atoms with Gasteiger partial charge in [0.15, 0.2) is 17.3 Å². The quantitative estimate of drug-likeness (QED) is 0.189. The minimum Gasteiger partial charge on any atom is -0.485 e. The summed E-state index contributed by atoms with van der Waals surface area (Å²) in [6.45, 7) is 0.120. The van der Waals surface area contributed by atoms with Crippen LogP contribution in [0.4, 0.5) is 23.2 Å². The molecule has 4 aromatic rings. The van der Waals surface area contributed by atoms with Gasteiger partial charge in [-0.1, -0.05) is 42.5 Å². The molecular formula is C25H17F4N3O6. The number of halogens is 4. The number of benzene rings is 3. The Labute approximate surface area is 210 Å². The number of hydrogen-bond acceptors (Lipinski definition) is 6. The van der Waals surface area contributed by atoms with Crippen molar-refractivity contribution in [1.82, 2.24) is 9.13 Å². The smallest absolute Gasteiger partial charge is 0.431 e. The van der Waals surface area contributed by atoms with Crippen LogP contribution in [0.1, 0.15) is 11.3 Å². The monoisotopic (exact) mass is 531 g/mol. The van der Waals surface area contributed by atoms with E-state index in [4.69, 9.17) is 9.47 Å². The Morgan fingerprint density at radius 1 is 0.921 bits per heavy atom. The van der Waals surface area contributed by atoms with Gasteiger partial charge >= 0.3 is 17.6 Å². The van der Waals surface area contributed by atoms with E-state index in [9.17, 15) is 37.3 Å². The molecule has 0 saturated heterocycles. The molecule has 0 amide bonds. The molecule has 1 heterocycles. The molecule has 3 aromatic carbocycles. The molecule has 0 aliphatic heterocycles. The molecule has 0 N–H and O–H groups in total. The molecule has 0 aliphatic carbocycles. The van der Waals surface area contributed by atoms with Gasteiger partial charge in [-0.3, -0.25) is 19.5 Å². The molecule has 0 saturated carbocycles. The van der Waals surface area contributed by atoms with Crippen LogP contribution in [0.15, 0.2) is 82.4 Å². The van der Waals surface area contributed by atoms with Gasteiger partial charge in [0.1, 0.15) is 12.3 Å². The highest BCUT2D eigenvalue weighted by atomic mass is 19.4. The Morgan fingerprint density at radius 3 is 2.18 bits per heavy atom. The van der Waals surface area contributed by atoms with Gasteiger partial charge in [-0.05, 0) is 17.7 Å². The fourth-order valence-electron chi connectivity index (χ4n) is 3.55. The van der Waals surface area contributed by atoms with Crippen LogP contribution in [0.2, 0.25) is 0 Å². The van der Waals surface area contributed by atoms with Gasteiger partial charge in [0.05, 0.1) is 16.7 Å². The zero-order chi connectivity index (χ0) is 27.6. The summed E-state index contributed by atoms with van der Waals surface area (Å²) in [5.74, 6) is -1.84. The van der Waals surface area contributed by atoms with Crippen molar-refractivity contribution >= 4 is 5.69 Å². The number of nitrogens with zero attached hydrogens (tertiary/aromatic N) is 3. The van der Waals surface area contributed by atoms with Crippen LogP contribution in [-0.4, -0.2) is 14.1 Å². The average molecular weight is 531 g/mol. The first kappa shape index (κ1) is 26.1. The minimum atomic E-state index is -5.03.